The van der Waals surface area contributed by atoms with E-state index in [-0.39, 0.29) is 5.82 Å². The van der Waals surface area contributed by atoms with E-state index in [2.05, 4.69) is 89.9 Å². The van der Waals surface area contributed by atoms with E-state index in [1.54, 1.807) is 11.3 Å². The van der Waals surface area contributed by atoms with Crippen molar-refractivity contribution in [2.75, 3.05) is 0 Å². The van der Waals surface area contributed by atoms with E-state index < -0.39 is 0 Å². The zero-order chi connectivity index (χ0) is 24.1. The van der Waals surface area contributed by atoms with Crippen molar-refractivity contribution in [3.8, 4) is 33.4 Å². The van der Waals surface area contributed by atoms with Gasteiger partial charge in [-0.25, -0.2) is 9.37 Å². The first-order chi connectivity index (χ1) is 17.7. The van der Waals surface area contributed by atoms with Gasteiger partial charge < -0.3 is 0 Å². The summed E-state index contributed by atoms with van der Waals surface area (Å²) in [7, 11) is 0. The molecule has 5 aromatic carbocycles. The first-order valence-electron chi connectivity index (χ1n) is 11.9. The zero-order valence-corrected chi connectivity index (χ0v) is 20.1. The standard InChI is InChI=1S/C33H20FNS/c34-28-16-14-22(15-17-28)26-13-9-23-8-12-25(19-27(23)20-26)21-6-10-24(11-7-21)29-3-1-4-30-31-5-2-18-35-33(31)36-32(29)30/h1-20H. The van der Waals surface area contributed by atoms with Gasteiger partial charge in [-0.3, -0.25) is 0 Å². The van der Waals surface area contributed by atoms with Gasteiger partial charge in [-0.2, -0.15) is 0 Å². The lowest BCUT2D eigenvalue weighted by molar-refractivity contribution is 0.628. The SMILES string of the molecule is Fc1ccc(-c2ccc3ccc(-c4ccc(-c5cccc6c5sc5ncccc56)cc4)cc3c2)cc1. The van der Waals surface area contributed by atoms with Crippen molar-refractivity contribution in [2.45, 2.75) is 0 Å². The average Bonchev–Trinajstić information content (AvgIpc) is 3.32. The quantitative estimate of drug-likeness (QED) is 0.245. The van der Waals surface area contributed by atoms with E-state index in [9.17, 15) is 4.39 Å². The molecule has 0 amide bonds. The predicted octanol–water partition coefficient (Wildman–Crippen LogP) is 9.74. The van der Waals surface area contributed by atoms with Crippen LogP contribution in [0.25, 0.3) is 64.5 Å². The molecule has 170 valence electrons. The highest BCUT2D eigenvalue weighted by Crippen LogP contribution is 2.39. The summed E-state index contributed by atoms with van der Waals surface area (Å²) in [6.45, 7) is 0. The highest BCUT2D eigenvalue weighted by molar-refractivity contribution is 7.26. The number of hydrogen-bond donors (Lipinski definition) is 0. The van der Waals surface area contributed by atoms with Gasteiger partial charge in [0.2, 0.25) is 0 Å². The van der Waals surface area contributed by atoms with E-state index in [1.165, 1.54) is 60.6 Å². The second-order valence-electron chi connectivity index (χ2n) is 9.00. The van der Waals surface area contributed by atoms with Gasteiger partial charge >= 0.3 is 0 Å². The molecule has 2 aromatic heterocycles. The van der Waals surface area contributed by atoms with Gasteiger partial charge in [-0.15, -0.1) is 11.3 Å². The fraction of sp³-hybridized carbons (Fsp3) is 0. The Morgan fingerprint density at radius 2 is 1.14 bits per heavy atom. The molecule has 0 fully saturated rings. The summed E-state index contributed by atoms with van der Waals surface area (Å²) in [4.78, 5) is 5.64. The number of hydrogen-bond acceptors (Lipinski definition) is 2. The summed E-state index contributed by atoms with van der Waals surface area (Å²) in [6.07, 6.45) is 1.86. The number of halogens is 1. The Balaban J connectivity index is 1.26. The maximum atomic E-state index is 13.4. The second-order valence-corrected chi connectivity index (χ2v) is 10.0. The molecule has 0 saturated heterocycles. The first kappa shape index (κ1) is 21.0. The molecule has 0 saturated carbocycles. The molecule has 0 unspecified atom stereocenters. The molecule has 0 aliphatic carbocycles. The summed E-state index contributed by atoms with van der Waals surface area (Å²) in [5, 5.41) is 4.83. The largest absolute Gasteiger partial charge is 0.245 e. The molecule has 0 radical (unpaired) electrons. The molecule has 0 N–H and O–H groups in total. The van der Waals surface area contributed by atoms with E-state index in [1.807, 2.05) is 24.4 Å². The van der Waals surface area contributed by atoms with Gasteiger partial charge in [0.25, 0.3) is 0 Å². The van der Waals surface area contributed by atoms with Crippen LogP contribution in [0.4, 0.5) is 4.39 Å². The Morgan fingerprint density at radius 3 is 1.86 bits per heavy atom. The van der Waals surface area contributed by atoms with Crippen molar-refractivity contribution in [1.29, 1.82) is 0 Å². The molecule has 0 bridgehead atoms. The van der Waals surface area contributed by atoms with Gasteiger partial charge in [-0.1, -0.05) is 78.9 Å². The van der Waals surface area contributed by atoms with E-state index in [4.69, 9.17) is 0 Å². The highest BCUT2D eigenvalue weighted by Gasteiger charge is 2.11. The minimum Gasteiger partial charge on any atom is -0.245 e. The molecule has 1 nitrogen and oxygen atoms in total. The minimum absolute atomic E-state index is 0.217. The number of benzene rings is 5. The summed E-state index contributed by atoms with van der Waals surface area (Å²) < 4.78 is 14.6. The molecule has 0 aliphatic heterocycles. The molecular weight excluding hydrogens is 461 g/mol. The molecular formula is C33H20FNS. The van der Waals surface area contributed by atoms with Crippen LogP contribution < -0.4 is 0 Å². The summed E-state index contributed by atoms with van der Waals surface area (Å²) >= 11 is 1.75. The Labute approximate surface area is 212 Å². The number of thiophene rings is 1. The number of pyridine rings is 1. The number of fused-ring (bicyclic) bond motifs is 4. The van der Waals surface area contributed by atoms with Crippen molar-refractivity contribution < 1.29 is 4.39 Å². The predicted molar refractivity (Wildman–Crippen MR) is 151 cm³/mol. The van der Waals surface area contributed by atoms with Crippen molar-refractivity contribution in [3.05, 3.63) is 127 Å². The lowest BCUT2D eigenvalue weighted by Gasteiger charge is -2.09. The molecule has 7 aromatic rings. The monoisotopic (exact) mass is 481 g/mol. The smallest absolute Gasteiger partial charge is 0.124 e. The number of rotatable bonds is 3. The summed E-state index contributed by atoms with van der Waals surface area (Å²) in [5.41, 5.74) is 6.90. The Hall–Kier alpha value is -4.34. The van der Waals surface area contributed by atoms with Crippen LogP contribution >= 0.6 is 11.3 Å². The normalized spacial score (nSPS) is 11.5. The van der Waals surface area contributed by atoms with E-state index >= 15 is 0 Å². The zero-order valence-electron chi connectivity index (χ0n) is 19.3. The lowest BCUT2D eigenvalue weighted by Crippen LogP contribution is -1.83. The van der Waals surface area contributed by atoms with Gasteiger partial charge in [0.1, 0.15) is 10.6 Å². The molecule has 0 spiro atoms. The maximum absolute atomic E-state index is 13.4. The van der Waals surface area contributed by atoms with Crippen molar-refractivity contribution in [3.63, 3.8) is 0 Å². The molecule has 3 heteroatoms. The first-order valence-corrected chi connectivity index (χ1v) is 12.7. The van der Waals surface area contributed by atoms with Gasteiger partial charge in [-0.05, 0) is 80.6 Å². The van der Waals surface area contributed by atoms with E-state index in [0.717, 1.165) is 16.0 Å². The van der Waals surface area contributed by atoms with Crippen molar-refractivity contribution in [2.24, 2.45) is 0 Å². The number of aromatic nitrogens is 1. The van der Waals surface area contributed by atoms with Crippen LogP contribution in [0.15, 0.2) is 121 Å². The van der Waals surface area contributed by atoms with Crippen LogP contribution in [0.3, 0.4) is 0 Å². The lowest BCUT2D eigenvalue weighted by atomic mass is 9.96. The van der Waals surface area contributed by atoms with Crippen LogP contribution in [-0.4, -0.2) is 4.98 Å². The molecule has 0 aliphatic rings. The van der Waals surface area contributed by atoms with Crippen molar-refractivity contribution in [1.82, 2.24) is 4.98 Å². The molecule has 36 heavy (non-hydrogen) atoms. The third-order valence-electron chi connectivity index (χ3n) is 6.82. The average molecular weight is 482 g/mol. The van der Waals surface area contributed by atoms with E-state index in [0.29, 0.717) is 0 Å². The highest BCUT2D eigenvalue weighted by atomic mass is 32.1. The Morgan fingerprint density at radius 1 is 0.528 bits per heavy atom. The van der Waals surface area contributed by atoms with Crippen molar-refractivity contribution >= 4 is 42.4 Å². The van der Waals surface area contributed by atoms with Gasteiger partial charge in [0, 0.05) is 21.7 Å². The topological polar surface area (TPSA) is 12.9 Å². The Bertz CT molecular complexity index is 1880. The van der Waals surface area contributed by atoms with Crippen LogP contribution in [0.1, 0.15) is 0 Å². The maximum Gasteiger partial charge on any atom is 0.124 e. The third kappa shape index (κ3) is 3.57. The van der Waals surface area contributed by atoms with Crippen LogP contribution in [0.2, 0.25) is 0 Å². The summed E-state index contributed by atoms with van der Waals surface area (Å²) in [6, 6.07) is 39.1. The van der Waals surface area contributed by atoms with Crippen LogP contribution in [0, 0.1) is 5.82 Å². The molecule has 2 heterocycles. The van der Waals surface area contributed by atoms with Gasteiger partial charge in [0.05, 0.1) is 0 Å². The fourth-order valence-electron chi connectivity index (χ4n) is 4.95. The van der Waals surface area contributed by atoms with Crippen LogP contribution in [-0.2, 0) is 0 Å². The second kappa shape index (κ2) is 8.40. The van der Waals surface area contributed by atoms with Crippen LogP contribution in [0.5, 0.6) is 0 Å². The third-order valence-corrected chi connectivity index (χ3v) is 7.98. The Kier molecular flexibility index (Phi) is 4.90. The molecule has 7 rings (SSSR count). The molecule has 0 atom stereocenters. The number of nitrogens with zero attached hydrogens (tertiary/aromatic N) is 1. The van der Waals surface area contributed by atoms with Gasteiger partial charge in [0.15, 0.2) is 0 Å². The summed E-state index contributed by atoms with van der Waals surface area (Å²) in [5.74, 6) is -0.217. The fourth-order valence-corrected chi connectivity index (χ4v) is 6.13. The minimum atomic E-state index is -0.217.